The number of rotatable bonds is 6. The van der Waals surface area contributed by atoms with E-state index < -0.39 is 5.97 Å². The van der Waals surface area contributed by atoms with E-state index in [1.54, 1.807) is 24.3 Å². The highest BCUT2D eigenvalue weighted by molar-refractivity contribution is 5.89. The van der Waals surface area contributed by atoms with Gasteiger partial charge in [0.1, 0.15) is 5.75 Å². The molecule has 1 aliphatic rings. The Morgan fingerprint density at radius 3 is 2.80 bits per heavy atom. The molecule has 1 heterocycles. The minimum absolute atomic E-state index is 0.158. The quantitative estimate of drug-likeness (QED) is 0.807. The van der Waals surface area contributed by atoms with E-state index in [0.717, 1.165) is 5.56 Å². The van der Waals surface area contributed by atoms with Crippen LogP contribution in [0, 0.1) is 0 Å². The highest BCUT2D eigenvalue weighted by atomic mass is 16.7. The van der Waals surface area contributed by atoms with Gasteiger partial charge in [-0.15, -0.1) is 0 Å². The molecule has 7 heteroatoms. The molecular formula is C18H17NO6. The van der Waals surface area contributed by atoms with Crippen molar-refractivity contribution < 1.29 is 28.5 Å². The van der Waals surface area contributed by atoms with Gasteiger partial charge in [0.15, 0.2) is 18.1 Å². The van der Waals surface area contributed by atoms with Crippen LogP contribution in [0.1, 0.15) is 15.9 Å². The fourth-order valence-corrected chi connectivity index (χ4v) is 2.28. The van der Waals surface area contributed by atoms with Gasteiger partial charge >= 0.3 is 5.97 Å². The van der Waals surface area contributed by atoms with Crippen molar-refractivity contribution in [2.75, 3.05) is 20.5 Å². The zero-order valence-corrected chi connectivity index (χ0v) is 13.6. The Morgan fingerprint density at radius 2 is 1.96 bits per heavy atom. The molecule has 1 aliphatic heterocycles. The second-order valence-corrected chi connectivity index (χ2v) is 5.27. The van der Waals surface area contributed by atoms with E-state index in [9.17, 15) is 9.59 Å². The summed E-state index contributed by atoms with van der Waals surface area (Å²) in [5.41, 5.74) is 1.26. The molecule has 0 spiro atoms. The van der Waals surface area contributed by atoms with Gasteiger partial charge in [-0.25, -0.2) is 4.79 Å². The summed E-state index contributed by atoms with van der Waals surface area (Å²) >= 11 is 0. The van der Waals surface area contributed by atoms with Crippen LogP contribution >= 0.6 is 0 Å². The van der Waals surface area contributed by atoms with E-state index in [0.29, 0.717) is 29.4 Å². The molecule has 130 valence electrons. The van der Waals surface area contributed by atoms with Gasteiger partial charge in [-0.1, -0.05) is 12.1 Å². The maximum atomic E-state index is 11.9. The van der Waals surface area contributed by atoms with Gasteiger partial charge in [0.25, 0.3) is 5.91 Å². The summed E-state index contributed by atoms with van der Waals surface area (Å²) in [6.07, 6.45) is 0. The monoisotopic (exact) mass is 343 g/mol. The number of hydrogen-bond donors (Lipinski definition) is 1. The van der Waals surface area contributed by atoms with Crippen LogP contribution in [0.4, 0.5) is 0 Å². The predicted molar refractivity (Wildman–Crippen MR) is 87.7 cm³/mol. The average molecular weight is 343 g/mol. The molecule has 0 radical (unpaired) electrons. The molecular weight excluding hydrogens is 326 g/mol. The predicted octanol–water partition coefficient (Wildman–Crippen LogP) is 1.90. The van der Waals surface area contributed by atoms with E-state index in [1.165, 1.54) is 13.2 Å². The van der Waals surface area contributed by atoms with E-state index in [-0.39, 0.29) is 19.3 Å². The number of ether oxygens (including phenoxy) is 4. The summed E-state index contributed by atoms with van der Waals surface area (Å²) in [6.45, 7) is 0.403. The topological polar surface area (TPSA) is 83.1 Å². The number of fused-ring (bicyclic) bond motifs is 1. The summed E-state index contributed by atoms with van der Waals surface area (Å²) in [6, 6.07) is 11.9. The molecule has 0 saturated carbocycles. The van der Waals surface area contributed by atoms with Crippen molar-refractivity contribution in [2.45, 2.75) is 6.54 Å². The Kier molecular flexibility index (Phi) is 5.03. The third-order valence-electron chi connectivity index (χ3n) is 3.55. The van der Waals surface area contributed by atoms with Crippen LogP contribution in [0.3, 0.4) is 0 Å². The van der Waals surface area contributed by atoms with Crippen LogP contribution in [-0.4, -0.2) is 32.4 Å². The Bertz CT molecular complexity index is 789. The molecule has 0 fully saturated rings. The number of nitrogens with one attached hydrogen (secondary N) is 1. The second-order valence-electron chi connectivity index (χ2n) is 5.27. The lowest BCUT2D eigenvalue weighted by atomic mass is 10.2. The number of carbonyl (C=O) groups excluding carboxylic acids is 2. The molecule has 2 aromatic carbocycles. The Hall–Kier alpha value is -3.22. The highest BCUT2D eigenvalue weighted by Gasteiger charge is 2.13. The van der Waals surface area contributed by atoms with Crippen molar-refractivity contribution in [1.82, 2.24) is 5.32 Å². The average Bonchev–Trinajstić information content (AvgIpc) is 3.12. The number of esters is 1. The number of carbonyl (C=O) groups is 2. The van der Waals surface area contributed by atoms with Crippen molar-refractivity contribution in [2.24, 2.45) is 0 Å². The second kappa shape index (κ2) is 7.57. The first kappa shape index (κ1) is 16.6. The first-order chi connectivity index (χ1) is 12.2. The summed E-state index contributed by atoms with van der Waals surface area (Å²) in [4.78, 5) is 23.4. The Labute approximate surface area is 144 Å². The lowest BCUT2D eigenvalue weighted by Gasteiger charge is -2.09. The molecule has 1 N–H and O–H groups in total. The van der Waals surface area contributed by atoms with Crippen LogP contribution < -0.4 is 19.5 Å². The minimum atomic E-state index is -0.460. The van der Waals surface area contributed by atoms with Crippen molar-refractivity contribution >= 4 is 11.9 Å². The van der Waals surface area contributed by atoms with Crippen molar-refractivity contribution in [1.29, 1.82) is 0 Å². The summed E-state index contributed by atoms with van der Waals surface area (Å²) in [5, 5.41) is 2.76. The lowest BCUT2D eigenvalue weighted by Crippen LogP contribution is -2.28. The van der Waals surface area contributed by atoms with Crippen molar-refractivity contribution in [3.8, 4) is 17.2 Å². The van der Waals surface area contributed by atoms with Gasteiger partial charge in [-0.2, -0.15) is 0 Å². The normalized spacial score (nSPS) is 11.7. The van der Waals surface area contributed by atoms with Gasteiger partial charge in [0.05, 0.1) is 12.7 Å². The third kappa shape index (κ3) is 4.20. The molecule has 7 nitrogen and oxygen atoms in total. The molecule has 2 aromatic rings. The van der Waals surface area contributed by atoms with E-state index in [4.69, 9.17) is 14.2 Å². The third-order valence-corrected chi connectivity index (χ3v) is 3.55. The van der Waals surface area contributed by atoms with Crippen LogP contribution in [0.15, 0.2) is 42.5 Å². The lowest BCUT2D eigenvalue weighted by molar-refractivity contribution is -0.123. The first-order valence-electron chi connectivity index (χ1n) is 7.62. The van der Waals surface area contributed by atoms with Crippen LogP contribution in [0.5, 0.6) is 17.2 Å². The van der Waals surface area contributed by atoms with Crippen molar-refractivity contribution in [3.63, 3.8) is 0 Å². The van der Waals surface area contributed by atoms with E-state index in [1.807, 2.05) is 12.1 Å². The minimum Gasteiger partial charge on any atom is -0.484 e. The van der Waals surface area contributed by atoms with Crippen LogP contribution in [0.25, 0.3) is 0 Å². The molecule has 0 aromatic heterocycles. The van der Waals surface area contributed by atoms with Crippen LogP contribution in [-0.2, 0) is 16.1 Å². The summed E-state index contributed by atoms with van der Waals surface area (Å²) in [5.74, 6) is 1.05. The zero-order valence-electron chi connectivity index (χ0n) is 13.6. The molecule has 0 aliphatic carbocycles. The van der Waals surface area contributed by atoms with Crippen molar-refractivity contribution in [3.05, 3.63) is 53.6 Å². The number of amides is 1. The van der Waals surface area contributed by atoms with E-state index in [2.05, 4.69) is 10.1 Å². The summed E-state index contributed by atoms with van der Waals surface area (Å²) in [7, 11) is 1.31. The molecule has 3 rings (SSSR count). The van der Waals surface area contributed by atoms with Gasteiger partial charge in [-0.05, 0) is 35.9 Å². The number of methoxy groups -OCH3 is 1. The van der Waals surface area contributed by atoms with Gasteiger partial charge in [-0.3, -0.25) is 4.79 Å². The fraction of sp³-hybridized carbons (Fsp3) is 0.222. The van der Waals surface area contributed by atoms with Crippen LogP contribution in [0.2, 0.25) is 0 Å². The molecule has 0 atom stereocenters. The van der Waals surface area contributed by atoms with Gasteiger partial charge < -0.3 is 24.3 Å². The summed E-state index contributed by atoms with van der Waals surface area (Å²) < 4.78 is 20.6. The SMILES string of the molecule is COC(=O)c1cccc(OCC(=O)NCc2ccc3c(c2)OCO3)c1. The molecule has 25 heavy (non-hydrogen) atoms. The standard InChI is InChI=1S/C18H17NO6/c1-22-18(21)13-3-2-4-14(8-13)23-10-17(20)19-9-12-5-6-15-16(7-12)25-11-24-15/h2-8H,9-11H2,1H3,(H,19,20). The molecule has 0 bridgehead atoms. The maximum Gasteiger partial charge on any atom is 0.337 e. The fourth-order valence-electron chi connectivity index (χ4n) is 2.28. The highest BCUT2D eigenvalue weighted by Crippen LogP contribution is 2.32. The zero-order chi connectivity index (χ0) is 17.6. The Balaban J connectivity index is 1.49. The molecule has 1 amide bonds. The van der Waals surface area contributed by atoms with Gasteiger partial charge in [0.2, 0.25) is 6.79 Å². The Morgan fingerprint density at radius 1 is 1.12 bits per heavy atom. The molecule has 0 saturated heterocycles. The number of benzene rings is 2. The smallest absolute Gasteiger partial charge is 0.337 e. The number of hydrogen-bond acceptors (Lipinski definition) is 6. The van der Waals surface area contributed by atoms with E-state index >= 15 is 0 Å². The molecule has 0 unspecified atom stereocenters. The largest absolute Gasteiger partial charge is 0.484 e. The first-order valence-corrected chi connectivity index (χ1v) is 7.62. The maximum absolute atomic E-state index is 11.9. The van der Waals surface area contributed by atoms with Gasteiger partial charge in [0, 0.05) is 6.54 Å².